The Morgan fingerprint density at radius 1 is 0.950 bits per heavy atom. The topological polar surface area (TPSA) is 129 Å². The quantitative estimate of drug-likeness (QED) is 0.258. The van der Waals surface area contributed by atoms with Gasteiger partial charge in [0.1, 0.15) is 0 Å². The zero-order chi connectivity index (χ0) is 28.8. The third-order valence-corrected chi connectivity index (χ3v) is 6.60. The number of aliphatic hydroxyl groups excluding tert-OH is 1. The summed E-state index contributed by atoms with van der Waals surface area (Å²) in [5.74, 6) is 0.410. The van der Waals surface area contributed by atoms with Crippen molar-refractivity contribution in [2.75, 3.05) is 27.9 Å². The number of methoxy groups -OCH3 is 3. The molecule has 0 aliphatic rings. The lowest BCUT2D eigenvalue weighted by molar-refractivity contribution is 0.0699. The third kappa shape index (κ3) is 5.85. The number of nitrogens with zero attached hydrogens (tertiary/aromatic N) is 2. The van der Waals surface area contributed by atoms with Crippen LogP contribution in [0.5, 0.6) is 17.2 Å². The number of rotatable bonds is 8. The molecule has 208 valence electrons. The number of carboxylic acids is 1. The SMILES string of the molecule is COc1cc(-c2cc(C(=O)O)c3ccccc3n2)cc(OC)c1OC.Cn1cc(C[C@@H](N)CO)c2ccccc21. The average molecular weight is 544 g/mol. The fraction of sp³-hybridized carbons (Fsp3) is 0.226. The minimum absolute atomic E-state index is 0.0310. The van der Waals surface area contributed by atoms with E-state index in [4.69, 9.17) is 25.1 Å². The number of aliphatic hydroxyl groups is 1. The Morgan fingerprint density at radius 3 is 2.17 bits per heavy atom. The van der Waals surface area contributed by atoms with Crippen LogP contribution in [0.1, 0.15) is 15.9 Å². The molecule has 0 aliphatic heterocycles. The average Bonchev–Trinajstić information content (AvgIpc) is 3.30. The molecule has 0 fully saturated rings. The molecular formula is C31H33N3O6. The van der Waals surface area contributed by atoms with Crippen molar-refractivity contribution in [3.05, 3.63) is 84.1 Å². The van der Waals surface area contributed by atoms with Crippen LogP contribution < -0.4 is 19.9 Å². The highest BCUT2D eigenvalue weighted by Crippen LogP contribution is 2.41. The van der Waals surface area contributed by atoms with E-state index in [-0.39, 0.29) is 18.2 Å². The molecule has 0 radical (unpaired) electrons. The van der Waals surface area contributed by atoms with Crippen LogP contribution in [0.15, 0.2) is 72.9 Å². The minimum atomic E-state index is -1.01. The molecule has 0 spiro atoms. The Bertz CT molecular complexity index is 1620. The number of fused-ring (bicyclic) bond motifs is 2. The summed E-state index contributed by atoms with van der Waals surface area (Å²) >= 11 is 0. The number of pyridine rings is 1. The first-order valence-corrected chi connectivity index (χ1v) is 12.6. The molecule has 0 saturated carbocycles. The standard InChI is InChI=1S/C19H17NO5.C12H16N2O/c1-23-16-8-11(9-17(24-2)18(16)25-3)15-10-13(19(21)22)12-6-4-5-7-14(12)20-15;1-14-7-9(6-10(13)8-15)11-4-2-3-5-12(11)14/h4-10H,1-3H3,(H,21,22);2-5,7,10,15H,6,8,13H2,1H3/t;10-/m.1/s1. The number of hydrogen-bond acceptors (Lipinski definition) is 7. The second-order valence-electron chi connectivity index (χ2n) is 9.22. The van der Waals surface area contributed by atoms with Gasteiger partial charge in [0.05, 0.1) is 44.7 Å². The lowest BCUT2D eigenvalue weighted by Crippen LogP contribution is -2.26. The van der Waals surface area contributed by atoms with E-state index < -0.39 is 5.97 Å². The highest BCUT2D eigenvalue weighted by atomic mass is 16.5. The van der Waals surface area contributed by atoms with E-state index in [1.165, 1.54) is 37.8 Å². The van der Waals surface area contributed by atoms with Gasteiger partial charge in [-0.05, 0) is 42.3 Å². The monoisotopic (exact) mass is 543 g/mol. The zero-order valence-electron chi connectivity index (χ0n) is 22.9. The molecule has 2 aromatic heterocycles. The second-order valence-corrected chi connectivity index (χ2v) is 9.22. The highest BCUT2D eigenvalue weighted by Gasteiger charge is 2.17. The first-order valence-electron chi connectivity index (χ1n) is 12.6. The van der Waals surface area contributed by atoms with Crippen molar-refractivity contribution in [2.24, 2.45) is 12.8 Å². The summed E-state index contributed by atoms with van der Waals surface area (Å²) in [6.07, 6.45) is 2.80. The van der Waals surface area contributed by atoms with E-state index in [0.29, 0.717) is 39.4 Å². The van der Waals surface area contributed by atoms with Gasteiger partial charge in [0.2, 0.25) is 5.75 Å². The van der Waals surface area contributed by atoms with Gasteiger partial charge in [0, 0.05) is 41.1 Å². The van der Waals surface area contributed by atoms with Crippen molar-refractivity contribution in [1.29, 1.82) is 0 Å². The van der Waals surface area contributed by atoms with Gasteiger partial charge in [-0.3, -0.25) is 0 Å². The van der Waals surface area contributed by atoms with Crippen LogP contribution in [0.3, 0.4) is 0 Å². The van der Waals surface area contributed by atoms with Crippen LogP contribution in [0, 0.1) is 0 Å². The zero-order valence-corrected chi connectivity index (χ0v) is 22.9. The molecule has 0 aliphatic carbocycles. The Kier molecular flexibility index (Phi) is 8.88. The van der Waals surface area contributed by atoms with Crippen molar-refractivity contribution in [3.63, 3.8) is 0 Å². The summed E-state index contributed by atoms with van der Waals surface area (Å²) in [5.41, 5.74) is 10.1. The lowest BCUT2D eigenvalue weighted by Gasteiger charge is -2.14. The van der Waals surface area contributed by atoms with Crippen molar-refractivity contribution < 1.29 is 29.2 Å². The van der Waals surface area contributed by atoms with Gasteiger partial charge in [-0.2, -0.15) is 0 Å². The summed E-state index contributed by atoms with van der Waals surface area (Å²) in [7, 11) is 6.60. The number of carboxylic acid groups (broad SMARTS) is 1. The first kappa shape index (κ1) is 28.4. The predicted octanol–water partition coefficient (Wildman–Crippen LogP) is 4.67. The fourth-order valence-electron chi connectivity index (χ4n) is 4.66. The van der Waals surface area contributed by atoms with E-state index in [1.807, 2.05) is 25.2 Å². The summed E-state index contributed by atoms with van der Waals surface area (Å²) in [6.45, 7) is 0.0310. The normalized spacial score (nSPS) is 11.6. The van der Waals surface area contributed by atoms with Gasteiger partial charge in [-0.1, -0.05) is 36.4 Å². The highest BCUT2D eigenvalue weighted by molar-refractivity contribution is 6.03. The molecule has 5 aromatic rings. The Labute approximate surface area is 232 Å². The summed E-state index contributed by atoms with van der Waals surface area (Å²) in [4.78, 5) is 16.2. The van der Waals surface area contributed by atoms with Crippen molar-refractivity contribution in [1.82, 2.24) is 9.55 Å². The van der Waals surface area contributed by atoms with Crippen LogP contribution >= 0.6 is 0 Å². The molecule has 2 heterocycles. The molecule has 5 rings (SSSR count). The van der Waals surface area contributed by atoms with Gasteiger partial charge in [0.15, 0.2) is 11.5 Å². The number of aromatic nitrogens is 2. The molecular weight excluding hydrogens is 510 g/mol. The van der Waals surface area contributed by atoms with Gasteiger partial charge < -0.3 is 34.7 Å². The van der Waals surface area contributed by atoms with Crippen molar-refractivity contribution >= 4 is 27.8 Å². The fourth-order valence-corrected chi connectivity index (χ4v) is 4.66. The molecule has 40 heavy (non-hydrogen) atoms. The maximum absolute atomic E-state index is 11.6. The van der Waals surface area contributed by atoms with Gasteiger partial charge in [-0.15, -0.1) is 0 Å². The molecule has 1 atom stereocenters. The van der Waals surface area contributed by atoms with E-state index in [2.05, 4.69) is 27.9 Å². The Hall–Kier alpha value is -4.60. The number of carbonyl (C=O) groups is 1. The van der Waals surface area contributed by atoms with Gasteiger partial charge in [0.25, 0.3) is 0 Å². The van der Waals surface area contributed by atoms with Crippen LogP contribution in [-0.4, -0.2) is 59.7 Å². The predicted molar refractivity (Wildman–Crippen MR) is 155 cm³/mol. The van der Waals surface area contributed by atoms with E-state index in [0.717, 1.165) is 6.42 Å². The largest absolute Gasteiger partial charge is 0.493 e. The molecule has 3 aromatic carbocycles. The number of hydrogen-bond donors (Lipinski definition) is 3. The maximum Gasteiger partial charge on any atom is 0.336 e. The van der Waals surface area contributed by atoms with E-state index in [9.17, 15) is 9.90 Å². The molecule has 0 amide bonds. The number of ether oxygens (including phenoxy) is 3. The lowest BCUT2D eigenvalue weighted by atomic mass is 10.0. The number of nitrogens with two attached hydrogens (primary N) is 1. The molecule has 9 nitrogen and oxygen atoms in total. The number of para-hydroxylation sites is 2. The molecule has 9 heteroatoms. The van der Waals surface area contributed by atoms with Crippen LogP contribution in [0.4, 0.5) is 0 Å². The summed E-state index contributed by atoms with van der Waals surface area (Å²) < 4.78 is 18.1. The van der Waals surface area contributed by atoms with Crippen molar-refractivity contribution in [3.8, 4) is 28.5 Å². The Balaban J connectivity index is 0.000000210. The second kappa shape index (κ2) is 12.5. The van der Waals surface area contributed by atoms with Crippen LogP contribution in [-0.2, 0) is 13.5 Å². The van der Waals surface area contributed by atoms with E-state index >= 15 is 0 Å². The van der Waals surface area contributed by atoms with Crippen LogP contribution in [0.25, 0.3) is 33.1 Å². The number of aryl methyl sites for hydroxylation is 1. The smallest absolute Gasteiger partial charge is 0.336 e. The third-order valence-electron chi connectivity index (χ3n) is 6.60. The summed E-state index contributed by atoms with van der Waals surface area (Å²) in [6, 6.07) is 20.2. The van der Waals surface area contributed by atoms with Gasteiger partial charge >= 0.3 is 5.97 Å². The van der Waals surface area contributed by atoms with Gasteiger partial charge in [-0.25, -0.2) is 9.78 Å². The van der Waals surface area contributed by atoms with Crippen molar-refractivity contribution in [2.45, 2.75) is 12.5 Å². The number of benzene rings is 3. The first-order chi connectivity index (χ1) is 19.3. The summed E-state index contributed by atoms with van der Waals surface area (Å²) in [5, 5.41) is 20.3. The molecule has 0 bridgehead atoms. The molecule has 0 saturated heterocycles. The maximum atomic E-state index is 11.6. The molecule has 4 N–H and O–H groups in total. The Morgan fingerprint density at radius 2 is 1.57 bits per heavy atom. The number of aromatic carboxylic acids is 1. The van der Waals surface area contributed by atoms with E-state index in [1.54, 1.807) is 36.4 Å². The molecule has 0 unspecified atom stereocenters. The van der Waals surface area contributed by atoms with Crippen LogP contribution in [0.2, 0.25) is 0 Å². The minimum Gasteiger partial charge on any atom is -0.493 e.